The van der Waals surface area contributed by atoms with Crippen LogP contribution < -0.4 is 5.32 Å². The maximum absolute atomic E-state index is 10.6. The van der Waals surface area contributed by atoms with Gasteiger partial charge in [-0.05, 0) is 99.3 Å². The number of hydrogen-bond acceptors (Lipinski definition) is 6. The molecule has 228 valence electrons. The summed E-state index contributed by atoms with van der Waals surface area (Å²) in [5.41, 5.74) is 4.27. The number of likely N-dealkylation sites (tertiary alicyclic amines) is 2. The van der Waals surface area contributed by atoms with Gasteiger partial charge in [0.15, 0.2) is 0 Å². The van der Waals surface area contributed by atoms with Crippen LogP contribution in [0.4, 0.5) is 5.69 Å². The molecular weight excluding hydrogens is 558 g/mol. The van der Waals surface area contributed by atoms with Gasteiger partial charge in [-0.25, -0.2) is 4.99 Å². The highest BCUT2D eigenvalue weighted by molar-refractivity contribution is 6.35. The highest BCUT2D eigenvalue weighted by Gasteiger charge is 2.35. The maximum atomic E-state index is 10.6. The third kappa shape index (κ3) is 6.46. The Balaban J connectivity index is 1.30. The lowest BCUT2D eigenvalue weighted by atomic mass is 9.91. The predicted molar refractivity (Wildman–Crippen MR) is 178 cm³/mol. The average molecular weight is 602 g/mol. The van der Waals surface area contributed by atoms with Crippen molar-refractivity contribution in [1.82, 2.24) is 15.1 Å². The summed E-state index contributed by atoms with van der Waals surface area (Å²) < 4.78 is 6.10. The molecule has 2 N–H and O–H groups in total. The zero-order valence-corrected chi connectivity index (χ0v) is 26.2. The molecule has 3 aliphatic heterocycles. The van der Waals surface area contributed by atoms with Gasteiger partial charge in [-0.1, -0.05) is 42.3 Å². The molecule has 6 rings (SSSR count). The van der Waals surface area contributed by atoms with E-state index in [4.69, 9.17) is 21.3 Å². The van der Waals surface area contributed by atoms with E-state index in [9.17, 15) is 5.11 Å². The molecule has 3 aromatic rings. The molecule has 2 bridgehead atoms. The number of hydrogen-bond donors (Lipinski definition) is 2. The summed E-state index contributed by atoms with van der Waals surface area (Å²) in [6, 6.07) is 15.1. The first-order valence-corrected chi connectivity index (χ1v) is 16.2. The van der Waals surface area contributed by atoms with E-state index in [1.807, 2.05) is 31.2 Å². The first kappa shape index (κ1) is 30.1. The number of aromatic hydroxyl groups is 1. The Morgan fingerprint density at radius 1 is 1.12 bits per heavy atom. The third-order valence-electron chi connectivity index (χ3n) is 9.51. The summed E-state index contributed by atoms with van der Waals surface area (Å²) in [5.74, 6) is 1.06. The van der Waals surface area contributed by atoms with E-state index in [2.05, 4.69) is 39.8 Å². The number of aliphatic imine (C=N–C) groups is 2. The minimum atomic E-state index is 0.201. The molecule has 3 heterocycles. The van der Waals surface area contributed by atoms with Crippen LogP contribution in [0.15, 0.2) is 52.4 Å². The van der Waals surface area contributed by atoms with Gasteiger partial charge in [-0.15, -0.1) is 0 Å². The van der Waals surface area contributed by atoms with Crippen molar-refractivity contribution in [1.29, 1.82) is 0 Å². The molecule has 8 heteroatoms. The number of halogens is 1. The van der Waals surface area contributed by atoms with Crippen LogP contribution in [0.5, 0.6) is 5.75 Å². The SMILES string of the molecule is C=Nc1c(C(=NCOCCCN2CCCC[C@H]2C)N2CC3CCC(C2)N3)cc(Cl)c(-c2cc(O)cc3ccccc23)c1C. The number of phenolic OH excluding ortho intramolecular Hbond substituents is 1. The van der Waals surface area contributed by atoms with Gasteiger partial charge in [0.2, 0.25) is 0 Å². The average Bonchev–Trinajstić information content (AvgIpc) is 3.34. The Morgan fingerprint density at radius 2 is 1.91 bits per heavy atom. The lowest BCUT2D eigenvalue weighted by Gasteiger charge is -2.36. The molecule has 3 fully saturated rings. The fourth-order valence-electron chi connectivity index (χ4n) is 7.33. The van der Waals surface area contributed by atoms with Gasteiger partial charge >= 0.3 is 0 Å². The molecular formula is C35H44ClN5O2. The molecule has 2 unspecified atom stereocenters. The Labute approximate surface area is 260 Å². The van der Waals surface area contributed by atoms with Crippen molar-refractivity contribution in [3.8, 4) is 16.9 Å². The summed E-state index contributed by atoms with van der Waals surface area (Å²) in [5, 5.41) is 16.9. The number of piperazine rings is 1. The Morgan fingerprint density at radius 3 is 2.67 bits per heavy atom. The number of piperidine rings is 1. The molecule has 43 heavy (non-hydrogen) atoms. The second kappa shape index (κ2) is 13.3. The molecule has 3 aliphatic rings. The number of fused-ring (bicyclic) bond motifs is 3. The van der Waals surface area contributed by atoms with Crippen molar-refractivity contribution in [3.63, 3.8) is 0 Å². The molecule has 0 saturated carbocycles. The van der Waals surface area contributed by atoms with Crippen LogP contribution in [-0.2, 0) is 4.74 Å². The minimum Gasteiger partial charge on any atom is -0.508 e. The highest BCUT2D eigenvalue weighted by atomic mass is 35.5. The van der Waals surface area contributed by atoms with Gasteiger partial charge in [0, 0.05) is 53.9 Å². The highest BCUT2D eigenvalue weighted by Crippen LogP contribution is 2.43. The van der Waals surface area contributed by atoms with Crippen molar-refractivity contribution in [2.45, 2.75) is 70.5 Å². The predicted octanol–water partition coefficient (Wildman–Crippen LogP) is 6.93. The molecule has 0 amide bonds. The van der Waals surface area contributed by atoms with Crippen molar-refractivity contribution < 1.29 is 9.84 Å². The molecule has 3 saturated heterocycles. The summed E-state index contributed by atoms with van der Waals surface area (Å²) in [6.45, 7) is 13.3. The zero-order valence-electron chi connectivity index (χ0n) is 25.5. The molecule has 0 spiro atoms. The number of phenols is 1. The van der Waals surface area contributed by atoms with Gasteiger partial charge in [0.05, 0.1) is 12.3 Å². The van der Waals surface area contributed by atoms with Gasteiger partial charge < -0.3 is 25.0 Å². The Bertz CT molecular complexity index is 1500. The van der Waals surface area contributed by atoms with E-state index in [1.54, 1.807) is 12.1 Å². The van der Waals surface area contributed by atoms with Gasteiger partial charge in [-0.3, -0.25) is 4.99 Å². The molecule has 0 radical (unpaired) electrons. The molecule has 3 atom stereocenters. The molecule has 0 aromatic heterocycles. The van der Waals surface area contributed by atoms with Crippen molar-refractivity contribution >= 4 is 40.6 Å². The first-order chi connectivity index (χ1) is 20.9. The van der Waals surface area contributed by atoms with E-state index in [0.29, 0.717) is 29.8 Å². The van der Waals surface area contributed by atoms with Crippen molar-refractivity contribution in [3.05, 3.63) is 58.6 Å². The maximum Gasteiger partial charge on any atom is 0.139 e. The van der Waals surface area contributed by atoms with Crippen LogP contribution >= 0.6 is 11.6 Å². The first-order valence-electron chi connectivity index (χ1n) is 15.8. The molecule has 3 aromatic carbocycles. The summed E-state index contributed by atoms with van der Waals surface area (Å²) in [4.78, 5) is 14.6. The second-order valence-corrected chi connectivity index (χ2v) is 12.8. The van der Waals surface area contributed by atoms with E-state index in [1.165, 1.54) is 38.6 Å². The van der Waals surface area contributed by atoms with Crippen LogP contribution in [0.2, 0.25) is 5.02 Å². The van der Waals surface area contributed by atoms with Crippen LogP contribution in [0.1, 0.15) is 56.6 Å². The standard InChI is InChI=1S/C35H44ClN5O2/c1-23-9-6-7-14-40(23)15-8-16-43-22-38-35(41-20-26-12-13-27(21-41)39-26)31-19-32(36)33(24(2)34(31)37-3)30-18-28(42)17-25-10-4-5-11-29(25)30/h4-5,10-11,17-19,23,26-27,39,42H,3,6-9,12-16,20-22H2,1-2H3/t23-,26?,27?/m1/s1. The van der Waals surface area contributed by atoms with Crippen molar-refractivity contribution in [2.75, 3.05) is 39.5 Å². The number of nitrogens with zero attached hydrogens (tertiary/aromatic N) is 4. The topological polar surface area (TPSA) is 72.7 Å². The normalized spacial score (nSPS) is 22.8. The van der Waals surface area contributed by atoms with Crippen LogP contribution in [0.25, 0.3) is 21.9 Å². The number of ether oxygens (including phenoxy) is 1. The monoisotopic (exact) mass is 601 g/mol. The van der Waals surface area contributed by atoms with Crippen LogP contribution in [0, 0.1) is 6.92 Å². The quantitative estimate of drug-likeness (QED) is 0.158. The smallest absolute Gasteiger partial charge is 0.139 e. The van der Waals surface area contributed by atoms with Gasteiger partial charge in [0.1, 0.15) is 18.3 Å². The summed E-state index contributed by atoms with van der Waals surface area (Å²) in [6.07, 6.45) is 7.29. The van der Waals surface area contributed by atoms with Crippen LogP contribution in [0.3, 0.4) is 0 Å². The van der Waals surface area contributed by atoms with Gasteiger partial charge in [-0.2, -0.15) is 0 Å². The fraction of sp³-hybridized carbons (Fsp3) is 0.486. The summed E-state index contributed by atoms with van der Waals surface area (Å²) in [7, 11) is 0. The van der Waals surface area contributed by atoms with E-state index in [0.717, 1.165) is 70.6 Å². The van der Waals surface area contributed by atoms with Gasteiger partial charge in [0.25, 0.3) is 0 Å². The number of nitrogens with one attached hydrogen (secondary N) is 1. The van der Waals surface area contributed by atoms with Crippen molar-refractivity contribution in [2.24, 2.45) is 9.98 Å². The lowest BCUT2D eigenvalue weighted by Crippen LogP contribution is -2.53. The summed E-state index contributed by atoms with van der Waals surface area (Å²) >= 11 is 7.13. The number of rotatable bonds is 9. The Hall–Kier alpha value is -2.97. The van der Waals surface area contributed by atoms with Crippen LogP contribution in [-0.4, -0.2) is 85.1 Å². The molecule has 7 nitrogen and oxygen atoms in total. The number of amidine groups is 1. The zero-order chi connectivity index (χ0) is 29.9. The molecule has 0 aliphatic carbocycles. The largest absolute Gasteiger partial charge is 0.508 e. The van der Waals surface area contributed by atoms with E-state index in [-0.39, 0.29) is 12.5 Å². The van der Waals surface area contributed by atoms with E-state index < -0.39 is 0 Å². The number of benzene rings is 3. The second-order valence-electron chi connectivity index (χ2n) is 12.4. The minimum absolute atomic E-state index is 0.201. The third-order valence-corrected chi connectivity index (χ3v) is 9.80. The van der Waals surface area contributed by atoms with E-state index >= 15 is 0 Å². The Kier molecular flexibility index (Phi) is 9.34. The fourth-order valence-corrected chi connectivity index (χ4v) is 7.68. The lowest BCUT2D eigenvalue weighted by molar-refractivity contribution is 0.107.